The van der Waals surface area contributed by atoms with Crippen LogP contribution in [0.4, 0.5) is 5.69 Å². The Bertz CT molecular complexity index is 1120. The number of hydrogen-bond acceptors (Lipinski definition) is 6. The fraction of sp³-hybridized carbons (Fsp3) is 0.296. The summed E-state index contributed by atoms with van der Waals surface area (Å²) in [5.74, 6) is 0.897. The Morgan fingerprint density at radius 1 is 1.00 bits per heavy atom. The van der Waals surface area contributed by atoms with Gasteiger partial charge in [0.15, 0.2) is 11.5 Å². The van der Waals surface area contributed by atoms with E-state index in [0.717, 1.165) is 5.56 Å². The van der Waals surface area contributed by atoms with Gasteiger partial charge in [-0.15, -0.1) is 0 Å². The number of anilines is 1. The monoisotopic (exact) mass is 477 g/mol. The minimum Gasteiger partial charge on any atom is -0.494 e. The molecule has 0 spiro atoms. The van der Waals surface area contributed by atoms with Gasteiger partial charge in [0.2, 0.25) is 5.91 Å². The van der Waals surface area contributed by atoms with E-state index in [1.807, 2.05) is 32.9 Å². The van der Waals surface area contributed by atoms with Crippen molar-refractivity contribution in [2.45, 2.75) is 33.4 Å². The minimum atomic E-state index is -0.740. The summed E-state index contributed by atoms with van der Waals surface area (Å²) < 4.78 is 16.7. The van der Waals surface area contributed by atoms with E-state index in [2.05, 4.69) is 15.6 Å². The lowest BCUT2D eigenvalue weighted by molar-refractivity contribution is -0.118. The third-order valence-corrected chi connectivity index (χ3v) is 5.21. The second-order valence-electron chi connectivity index (χ2n) is 8.16. The van der Waals surface area contributed by atoms with Crippen LogP contribution < -0.4 is 24.8 Å². The van der Waals surface area contributed by atoms with Gasteiger partial charge in [0.05, 0.1) is 13.7 Å². The molecule has 0 saturated heterocycles. The molecule has 0 saturated carbocycles. The van der Waals surface area contributed by atoms with Crippen LogP contribution in [0.2, 0.25) is 0 Å². The van der Waals surface area contributed by atoms with Crippen LogP contribution in [0.5, 0.6) is 17.2 Å². The lowest BCUT2D eigenvalue weighted by Crippen LogP contribution is -2.47. The fourth-order valence-corrected chi connectivity index (χ4v) is 3.36. The van der Waals surface area contributed by atoms with Crippen molar-refractivity contribution in [3.05, 3.63) is 78.1 Å². The summed E-state index contributed by atoms with van der Waals surface area (Å²) in [6.45, 7) is 6.49. The molecule has 0 aliphatic rings. The molecule has 184 valence electrons. The molecule has 0 fully saturated rings. The predicted molar refractivity (Wildman–Crippen MR) is 134 cm³/mol. The maximum absolute atomic E-state index is 13.1. The van der Waals surface area contributed by atoms with Crippen LogP contribution in [-0.2, 0) is 11.4 Å². The number of rotatable bonds is 11. The molecular formula is C27H31N3O5. The standard InChI is InChI=1S/C27H31N3O5/c1-5-34-22-11-8-20(9-12-22)26(31)30-25(18(2)3)27(32)29-21-10-13-23(33-4)24(15-21)35-17-19-7-6-14-28-16-19/h6-16,18,25H,5,17H2,1-4H3,(H,29,32)(H,30,31). The van der Waals surface area contributed by atoms with E-state index in [0.29, 0.717) is 41.7 Å². The van der Waals surface area contributed by atoms with Gasteiger partial charge in [-0.05, 0) is 55.3 Å². The molecule has 8 nitrogen and oxygen atoms in total. The molecule has 2 aromatic carbocycles. The maximum atomic E-state index is 13.1. The Morgan fingerprint density at radius 2 is 1.77 bits per heavy atom. The van der Waals surface area contributed by atoms with Crippen LogP contribution in [0.1, 0.15) is 36.7 Å². The van der Waals surface area contributed by atoms with Crippen molar-refractivity contribution in [1.29, 1.82) is 0 Å². The first-order valence-electron chi connectivity index (χ1n) is 11.5. The molecule has 0 aliphatic carbocycles. The van der Waals surface area contributed by atoms with Crippen molar-refractivity contribution in [3.63, 3.8) is 0 Å². The average Bonchev–Trinajstić information content (AvgIpc) is 2.87. The number of benzene rings is 2. The molecule has 35 heavy (non-hydrogen) atoms. The van der Waals surface area contributed by atoms with Crippen LogP contribution >= 0.6 is 0 Å². The quantitative estimate of drug-likeness (QED) is 0.423. The van der Waals surface area contributed by atoms with Crippen LogP contribution in [0, 0.1) is 5.92 Å². The summed E-state index contributed by atoms with van der Waals surface area (Å²) in [6, 6.07) is 14.9. The van der Waals surface area contributed by atoms with Crippen molar-refractivity contribution in [1.82, 2.24) is 10.3 Å². The summed E-state index contributed by atoms with van der Waals surface area (Å²) in [5.41, 5.74) is 1.88. The van der Waals surface area contributed by atoms with Crippen molar-refractivity contribution >= 4 is 17.5 Å². The molecule has 1 heterocycles. The zero-order chi connectivity index (χ0) is 25.2. The van der Waals surface area contributed by atoms with Crippen LogP contribution in [-0.4, -0.2) is 36.6 Å². The number of nitrogens with zero attached hydrogens (tertiary/aromatic N) is 1. The van der Waals surface area contributed by atoms with Gasteiger partial charge >= 0.3 is 0 Å². The van der Waals surface area contributed by atoms with Gasteiger partial charge in [-0.2, -0.15) is 0 Å². The van der Waals surface area contributed by atoms with E-state index in [9.17, 15) is 9.59 Å². The number of nitrogens with one attached hydrogen (secondary N) is 2. The maximum Gasteiger partial charge on any atom is 0.251 e. The summed E-state index contributed by atoms with van der Waals surface area (Å²) in [6.07, 6.45) is 3.42. The number of methoxy groups -OCH3 is 1. The number of hydrogen-bond donors (Lipinski definition) is 2. The lowest BCUT2D eigenvalue weighted by atomic mass is 10.0. The Balaban J connectivity index is 1.68. The van der Waals surface area contributed by atoms with E-state index < -0.39 is 6.04 Å². The third-order valence-electron chi connectivity index (χ3n) is 5.21. The largest absolute Gasteiger partial charge is 0.494 e. The highest BCUT2D eigenvalue weighted by Crippen LogP contribution is 2.31. The molecule has 1 aromatic heterocycles. The Hall–Kier alpha value is -4.07. The Labute approximate surface area is 205 Å². The van der Waals surface area contributed by atoms with Gasteiger partial charge in [0.25, 0.3) is 5.91 Å². The first-order chi connectivity index (χ1) is 16.9. The highest BCUT2D eigenvalue weighted by molar-refractivity contribution is 6.01. The van der Waals surface area contributed by atoms with Gasteiger partial charge in [-0.25, -0.2) is 0 Å². The SMILES string of the molecule is CCOc1ccc(C(=O)NC(C(=O)Nc2ccc(OC)c(OCc3cccnc3)c2)C(C)C)cc1. The van der Waals surface area contributed by atoms with Gasteiger partial charge in [0.1, 0.15) is 18.4 Å². The number of amides is 2. The molecule has 8 heteroatoms. The second-order valence-corrected chi connectivity index (χ2v) is 8.16. The molecular weight excluding hydrogens is 446 g/mol. The molecule has 2 amide bonds. The summed E-state index contributed by atoms with van der Waals surface area (Å²) in [4.78, 5) is 29.9. The average molecular weight is 478 g/mol. The van der Waals surface area contributed by atoms with Crippen molar-refractivity contribution in [3.8, 4) is 17.2 Å². The number of ether oxygens (including phenoxy) is 3. The minimum absolute atomic E-state index is 0.138. The molecule has 0 radical (unpaired) electrons. The molecule has 0 aliphatic heterocycles. The topological polar surface area (TPSA) is 98.8 Å². The summed E-state index contributed by atoms with van der Waals surface area (Å²) in [7, 11) is 1.55. The van der Waals surface area contributed by atoms with Gasteiger partial charge in [0, 0.05) is 35.3 Å². The second kappa shape index (κ2) is 12.4. The lowest BCUT2D eigenvalue weighted by Gasteiger charge is -2.22. The first kappa shape index (κ1) is 25.6. The van der Waals surface area contributed by atoms with Crippen molar-refractivity contribution < 1.29 is 23.8 Å². The third kappa shape index (κ3) is 7.20. The van der Waals surface area contributed by atoms with E-state index in [1.165, 1.54) is 0 Å². The first-order valence-corrected chi connectivity index (χ1v) is 11.5. The Morgan fingerprint density at radius 3 is 2.40 bits per heavy atom. The number of pyridine rings is 1. The van der Waals surface area contributed by atoms with Gasteiger partial charge in [-0.1, -0.05) is 19.9 Å². The molecule has 0 bridgehead atoms. The summed E-state index contributed by atoms with van der Waals surface area (Å²) >= 11 is 0. The number of carbonyl (C=O) groups excluding carboxylic acids is 2. The van der Waals surface area contributed by atoms with E-state index in [-0.39, 0.29) is 17.7 Å². The number of aromatic nitrogens is 1. The summed E-state index contributed by atoms with van der Waals surface area (Å²) in [5, 5.41) is 5.71. The van der Waals surface area contributed by atoms with Gasteiger partial charge in [-0.3, -0.25) is 14.6 Å². The molecule has 3 aromatic rings. The van der Waals surface area contributed by atoms with E-state index >= 15 is 0 Å². The molecule has 2 N–H and O–H groups in total. The number of carbonyl (C=O) groups is 2. The highest BCUT2D eigenvalue weighted by atomic mass is 16.5. The van der Waals surface area contributed by atoms with Crippen LogP contribution in [0.15, 0.2) is 67.0 Å². The van der Waals surface area contributed by atoms with Crippen LogP contribution in [0.3, 0.4) is 0 Å². The fourth-order valence-electron chi connectivity index (χ4n) is 3.36. The van der Waals surface area contributed by atoms with Crippen molar-refractivity contribution in [2.24, 2.45) is 5.92 Å². The van der Waals surface area contributed by atoms with E-state index in [1.54, 1.807) is 62.0 Å². The smallest absolute Gasteiger partial charge is 0.251 e. The molecule has 1 unspecified atom stereocenters. The zero-order valence-electron chi connectivity index (χ0n) is 20.4. The van der Waals surface area contributed by atoms with Gasteiger partial charge < -0.3 is 24.8 Å². The molecule has 1 atom stereocenters. The van der Waals surface area contributed by atoms with Crippen molar-refractivity contribution in [2.75, 3.05) is 19.0 Å². The zero-order valence-corrected chi connectivity index (χ0v) is 20.4. The van der Waals surface area contributed by atoms with Crippen LogP contribution in [0.25, 0.3) is 0 Å². The molecule has 3 rings (SSSR count). The predicted octanol–water partition coefficient (Wildman–Crippen LogP) is 4.46. The highest BCUT2D eigenvalue weighted by Gasteiger charge is 2.25. The Kier molecular flexibility index (Phi) is 9.06. The van der Waals surface area contributed by atoms with E-state index in [4.69, 9.17) is 14.2 Å². The normalized spacial score (nSPS) is 11.5.